The molecule has 0 aliphatic rings. The van der Waals surface area contributed by atoms with Crippen LogP contribution in [0.2, 0.25) is 0 Å². The summed E-state index contributed by atoms with van der Waals surface area (Å²) in [6.45, 7) is 5.21. The van der Waals surface area contributed by atoms with Gasteiger partial charge in [-0.25, -0.2) is 13.1 Å². The Morgan fingerprint density at radius 3 is 2.60 bits per heavy atom. The molecule has 0 rings (SSSR count). The minimum atomic E-state index is -3.51. The molecule has 0 aromatic heterocycles. The van der Waals surface area contributed by atoms with Crippen LogP contribution in [0.1, 0.15) is 26.2 Å². The SMILES string of the molecule is C=CCCS(=O)(=O)NC(CCC)C(=O)O. The Labute approximate surface area is 90.2 Å². The van der Waals surface area contributed by atoms with Crippen LogP contribution < -0.4 is 4.72 Å². The highest BCUT2D eigenvalue weighted by atomic mass is 32.2. The van der Waals surface area contributed by atoms with Gasteiger partial charge in [-0.15, -0.1) is 6.58 Å². The van der Waals surface area contributed by atoms with Crippen molar-refractivity contribution in [3.8, 4) is 0 Å². The van der Waals surface area contributed by atoms with E-state index in [0.29, 0.717) is 19.3 Å². The standard InChI is InChI=1S/C9H17NO4S/c1-3-5-7-15(13,14)10-8(6-4-2)9(11)12/h3,8,10H,1,4-7H2,2H3,(H,11,12). The summed E-state index contributed by atoms with van der Waals surface area (Å²) in [7, 11) is -3.51. The van der Waals surface area contributed by atoms with Crippen molar-refractivity contribution in [2.24, 2.45) is 0 Å². The van der Waals surface area contributed by atoms with Gasteiger partial charge in [0, 0.05) is 0 Å². The highest BCUT2D eigenvalue weighted by molar-refractivity contribution is 7.89. The Kier molecular flexibility index (Phi) is 6.19. The zero-order chi connectivity index (χ0) is 11.9. The number of sulfonamides is 1. The van der Waals surface area contributed by atoms with Crippen LogP contribution in [0.25, 0.3) is 0 Å². The maximum Gasteiger partial charge on any atom is 0.321 e. The van der Waals surface area contributed by atoms with Gasteiger partial charge in [0.15, 0.2) is 0 Å². The van der Waals surface area contributed by atoms with Gasteiger partial charge in [0.05, 0.1) is 5.75 Å². The average molecular weight is 235 g/mol. The molecular weight excluding hydrogens is 218 g/mol. The van der Waals surface area contributed by atoms with Crippen molar-refractivity contribution in [3.05, 3.63) is 12.7 Å². The lowest BCUT2D eigenvalue weighted by molar-refractivity contribution is -0.139. The molecule has 0 aliphatic heterocycles. The zero-order valence-electron chi connectivity index (χ0n) is 8.77. The lowest BCUT2D eigenvalue weighted by Gasteiger charge is -2.13. The third-order valence-corrected chi connectivity index (χ3v) is 3.20. The van der Waals surface area contributed by atoms with E-state index in [1.54, 1.807) is 6.92 Å². The van der Waals surface area contributed by atoms with Crippen molar-refractivity contribution in [3.63, 3.8) is 0 Å². The van der Waals surface area contributed by atoms with Crippen molar-refractivity contribution < 1.29 is 18.3 Å². The van der Waals surface area contributed by atoms with E-state index in [-0.39, 0.29) is 5.75 Å². The lowest BCUT2D eigenvalue weighted by atomic mass is 10.2. The van der Waals surface area contributed by atoms with Gasteiger partial charge in [0.1, 0.15) is 6.04 Å². The number of carboxylic acid groups (broad SMARTS) is 1. The molecule has 5 nitrogen and oxygen atoms in total. The molecule has 1 atom stereocenters. The second kappa shape index (κ2) is 6.58. The Bertz CT molecular complexity index is 310. The third-order valence-electron chi connectivity index (χ3n) is 1.79. The quantitative estimate of drug-likeness (QED) is 0.608. The Morgan fingerprint density at radius 1 is 1.60 bits per heavy atom. The molecule has 0 fully saturated rings. The van der Waals surface area contributed by atoms with E-state index in [2.05, 4.69) is 11.3 Å². The molecule has 0 spiro atoms. The van der Waals surface area contributed by atoms with Crippen molar-refractivity contribution >= 4 is 16.0 Å². The molecular formula is C9H17NO4S. The summed E-state index contributed by atoms with van der Waals surface area (Å²) < 4.78 is 24.9. The van der Waals surface area contributed by atoms with Gasteiger partial charge in [0.25, 0.3) is 0 Å². The molecule has 0 saturated carbocycles. The normalized spacial score (nSPS) is 13.4. The Hall–Kier alpha value is -0.880. The summed E-state index contributed by atoms with van der Waals surface area (Å²) in [6.07, 6.45) is 2.70. The fraction of sp³-hybridized carbons (Fsp3) is 0.667. The lowest BCUT2D eigenvalue weighted by Crippen LogP contribution is -2.41. The van der Waals surface area contributed by atoms with Gasteiger partial charge >= 0.3 is 5.97 Å². The van der Waals surface area contributed by atoms with E-state index in [1.807, 2.05) is 0 Å². The first-order valence-electron chi connectivity index (χ1n) is 4.76. The first-order valence-corrected chi connectivity index (χ1v) is 6.42. The summed E-state index contributed by atoms with van der Waals surface area (Å²) in [4.78, 5) is 10.7. The van der Waals surface area contributed by atoms with Crippen LogP contribution in [-0.4, -0.2) is 31.3 Å². The van der Waals surface area contributed by atoms with Crippen LogP contribution in [0, 0.1) is 0 Å². The maximum atomic E-state index is 11.4. The Morgan fingerprint density at radius 2 is 2.20 bits per heavy atom. The molecule has 0 saturated heterocycles. The van der Waals surface area contributed by atoms with E-state index < -0.39 is 22.0 Å². The highest BCUT2D eigenvalue weighted by Crippen LogP contribution is 2.00. The van der Waals surface area contributed by atoms with Crippen molar-refractivity contribution in [1.29, 1.82) is 0 Å². The number of carbonyl (C=O) groups is 1. The van der Waals surface area contributed by atoms with Crippen molar-refractivity contribution in [2.45, 2.75) is 32.2 Å². The fourth-order valence-corrected chi connectivity index (χ4v) is 2.28. The first kappa shape index (κ1) is 14.1. The summed E-state index contributed by atoms with van der Waals surface area (Å²) in [6, 6.07) is -1.02. The van der Waals surface area contributed by atoms with Gasteiger partial charge in [0.2, 0.25) is 10.0 Å². The topological polar surface area (TPSA) is 83.5 Å². The largest absolute Gasteiger partial charge is 0.480 e. The molecule has 15 heavy (non-hydrogen) atoms. The number of rotatable bonds is 8. The van der Waals surface area contributed by atoms with Crippen LogP contribution in [0.5, 0.6) is 0 Å². The maximum absolute atomic E-state index is 11.4. The van der Waals surface area contributed by atoms with Gasteiger partial charge < -0.3 is 5.11 Å². The molecule has 0 radical (unpaired) electrons. The molecule has 88 valence electrons. The summed E-state index contributed by atoms with van der Waals surface area (Å²) in [5, 5.41) is 8.75. The van der Waals surface area contributed by atoms with Crippen molar-refractivity contribution in [2.75, 3.05) is 5.75 Å². The number of nitrogens with one attached hydrogen (secondary N) is 1. The molecule has 0 amide bonds. The minimum Gasteiger partial charge on any atom is -0.480 e. The third kappa shape index (κ3) is 6.24. The van der Waals surface area contributed by atoms with Crippen molar-refractivity contribution in [1.82, 2.24) is 4.72 Å². The average Bonchev–Trinajstić information content (AvgIpc) is 2.14. The van der Waals surface area contributed by atoms with Gasteiger partial charge in [-0.1, -0.05) is 19.4 Å². The summed E-state index contributed by atoms with van der Waals surface area (Å²) >= 11 is 0. The molecule has 0 aromatic carbocycles. The van der Waals surface area contributed by atoms with E-state index >= 15 is 0 Å². The molecule has 0 aliphatic carbocycles. The Balaban J connectivity index is 4.38. The predicted molar refractivity (Wildman–Crippen MR) is 58.1 cm³/mol. The fourth-order valence-electron chi connectivity index (χ4n) is 1.04. The van der Waals surface area contributed by atoms with Gasteiger partial charge in [-0.2, -0.15) is 0 Å². The van der Waals surface area contributed by atoms with Crippen LogP contribution >= 0.6 is 0 Å². The van der Waals surface area contributed by atoms with E-state index in [1.165, 1.54) is 6.08 Å². The van der Waals surface area contributed by atoms with E-state index in [9.17, 15) is 13.2 Å². The van der Waals surface area contributed by atoms with Crippen LogP contribution in [0.15, 0.2) is 12.7 Å². The van der Waals surface area contributed by atoms with E-state index in [0.717, 1.165) is 0 Å². The van der Waals surface area contributed by atoms with Gasteiger partial charge in [-0.05, 0) is 12.8 Å². The van der Waals surface area contributed by atoms with Crippen LogP contribution in [0.4, 0.5) is 0 Å². The predicted octanol–water partition coefficient (Wildman–Crippen LogP) is 0.735. The molecule has 0 bridgehead atoms. The smallest absolute Gasteiger partial charge is 0.321 e. The number of allylic oxidation sites excluding steroid dienone is 1. The van der Waals surface area contributed by atoms with Crippen LogP contribution in [0.3, 0.4) is 0 Å². The monoisotopic (exact) mass is 235 g/mol. The second-order valence-corrected chi connectivity index (χ2v) is 5.07. The molecule has 0 aromatic rings. The zero-order valence-corrected chi connectivity index (χ0v) is 9.59. The molecule has 0 heterocycles. The number of hydrogen-bond donors (Lipinski definition) is 2. The number of carboxylic acids is 1. The van der Waals surface area contributed by atoms with E-state index in [4.69, 9.17) is 5.11 Å². The second-order valence-electron chi connectivity index (χ2n) is 3.19. The molecule has 6 heteroatoms. The first-order chi connectivity index (χ1) is 6.93. The summed E-state index contributed by atoms with van der Waals surface area (Å²) in [5.41, 5.74) is 0. The number of hydrogen-bond acceptors (Lipinski definition) is 3. The summed E-state index contributed by atoms with van der Waals surface area (Å²) in [5.74, 6) is -1.26. The highest BCUT2D eigenvalue weighted by Gasteiger charge is 2.22. The minimum absolute atomic E-state index is 0.121. The molecule has 1 unspecified atom stereocenters. The number of aliphatic carboxylic acids is 1. The van der Waals surface area contributed by atoms with Crippen LogP contribution in [-0.2, 0) is 14.8 Å². The van der Waals surface area contributed by atoms with Gasteiger partial charge in [-0.3, -0.25) is 4.79 Å². The molecule has 2 N–H and O–H groups in total.